The summed E-state index contributed by atoms with van der Waals surface area (Å²) >= 11 is 0. The van der Waals surface area contributed by atoms with Crippen molar-refractivity contribution in [2.24, 2.45) is 11.3 Å². The Morgan fingerprint density at radius 2 is 2.00 bits per heavy atom. The maximum Gasteiger partial charge on any atom is 0.326 e. The van der Waals surface area contributed by atoms with Gasteiger partial charge in [-0.05, 0) is 17.8 Å². The van der Waals surface area contributed by atoms with E-state index in [9.17, 15) is 9.59 Å². The number of aliphatic carboxylic acids is 1. The Balaban J connectivity index is 2.55. The smallest absolute Gasteiger partial charge is 0.326 e. The van der Waals surface area contributed by atoms with E-state index in [1.54, 1.807) is 20.8 Å². The minimum atomic E-state index is -1.03. The first-order chi connectivity index (χ1) is 8.71. The molecule has 3 atom stereocenters. The maximum atomic E-state index is 11.9. The van der Waals surface area contributed by atoms with E-state index in [0.717, 1.165) is 6.42 Å². The van der Waals surface area contributed by atoms with E-state index in [2.05, 4.69) is 10.6 Å². The highest BCUT2D eigenvalue weighted by Crippen LogP contribution is 2.19. The molecule has 1 rings (SSSR count). The number of carbonyl (C=O) groups excluding carboxylic acids is 1. The van der Waals surface area contributed by atoms with Gasteiger partial charge in [-0.2, -0.15) is 0 Å². The fraction of sp³-hybridized carbons (Fsp3) is 0.846. The molecule has 3 N–H and O–H groups in total. The van der Waals surface area contributed by atoms with Gasteiger partial charge in [0.15, 0.2) is 0 Å². The molecule has 0 aromatic rings. The number of ether oxygens (including phenoxy) is 1. The molecule has 0 saturated carbocycles. The highest BCUT2D eigenvalue weighted by Gasteiger charge is 2.33. The van der Waals surface area contributed by atoms with Crippen LogP contribution in [-0.2, 0) is 9.53 Å². The number of nitrogens with one attached hydrogen (secondary N) is 2. The maximum absolute atomic E-state index is 11.9. The van der Waals surface area contributed by atoms with E-state index >= 15 is 0 Å². The Labute approximate surface area is 113 Å². The molecule has 1 fully saturated rings. The van der Waals surface area contributed by atoms with Crippen molar-refractivity contribution in [2.75, 3.05) is 13.2 Å². The molecule has 0 aromatic heterocycles. The summed E-state index contributed by atoms with van der Waals surface area (Å²) in [5.74, 6) is -0.792. The molecule has 110 valence electrons. The van der Waals surface area contributed by atoms with E-state index in [4.69, 9.17) is 9.84 Å². The van der Waals surface area contributed by atoms with Crippen LogP contribution in [-0.4, -0.2) is 42.4 Å². The number of carboxylic acid groups (broad SMARTS) is 1. The molecule has 1 aliphatic heterocycles. The molecule has 2 unspecified atom stereocenters. The van der Waals surface area contributed by atoms with Crippen LogP contribution in [0.3, 0.4) is 0 Å². The molecule has 2 amide bonds. The lowest BCUT2D eigenvalue weighted by Crippen LogP contribution is -2.55. The lowest BCUT2D eigenvalue weighted by molar-refractivity contribution is -0.141. The minimum Gasteiger partial charge on any atom is -0.480 e. The normalized spacial score (nSPS) is 25.5. The Bertz CT molecular complexity index is 338. The average Bonchev–Trinajstić information content (AvgIpc) is 2.27. The van der Waals surface area contributed by atoms with Crippen molar-refractivity contribution in [2.45, 2.75) is 46.2 Å². The monoisotopic (exact) mass is 272 g/mol. The molecule has 6 nitrogen and oxygen atoms in total. The van der Waals surface area contributed by atoms with Crippen molar-refractivity contribution in [3.05, 3.63) is 0 Å². The third kappa shape index (κ3) is 4.70. The molecular formula is C13H24N2O4. The van der Waals surface area contributed by atoms with Gasteiger partial charge in [0.2, 0.25) is 0 Å². The van der Waals surface area contributed by atoms with Gasteiger partial charge in [-0.1, -0.05) is 27.7 Å². The summed E-state index contributed by atoms with van der Waals surface area (Å²) in [6.07, 6.45) is 0.752. The Hall–Kier alpha value is -1.30. The van der Waals surface area contributed by atoms with Gasteiger partial charge in [0.1, 0.15) is 6.04 Å². The number of carboxylic acids is 1. The number of urea groups is 1. The second kappa shape index (κ2) is 6.23. The number of amides is 2. The van der Waals surface area contributed by atoms with Crippen LogP contribution in [0.1, 0.15) is 34.1 Å². The first-order valence-corrected chi connectivity index (χ1v) is 6.59. The number of hydrogen-bond donors (Lipinski definition) is 3. The standard InChI is InChI=1S/C13H24N2O4/c1-8-7-19-6-5-9(8)14-12(18)15-10(11(16)17)13(2,3)4/h8-10H,5-7H2,1-4H3,(H,16,17)(H2,14,15,18)/t8?,9?,10-/m0/s1. The average molecular weight is 272 g/mol. The zero-order valence-electron chi connectivity index (χ0n) is 12.0. The van der Waals surface area contributed by atoms with Crippen LogP contribution in [0.4, 0.5) is 4.79 Å². The second-order valence-corrected chi connectivity index (χ2v) is 6.20. The molecule has 0 radical (unpaired) electrons. The minimum absolute atomic E-state index is 0.0307. The zero-order chi connectivity index (χ0) is 14.6. The van der Waals surface area contributed by atoms with Gasteiger partial charge < -0.3 is 20.5 Å². The van der Waals surface area contributed by atoms with Gasteiger partial charge in [0, 0.05) is 12.6 Å². The first kappa shape index (κ1) is 15.8. The number of hydrogen-bond acceptors (Lipinski definition) is 3. The number of rotatable bonds is 3. The Morgan fingerprint density at radius 1 is 1.37 bits per heavy atom. The largest absolute Gasteiger partial charge is 0.480 e. The highest BCUT2D eigenvalue weighted by molar-refractivity contribution is 5.83. The van der Waals surface area contributed by atoms with Crippen LogP contribution in [0, 0.1) is 11.3 Å². The fourth-order valence-corrected chi connectivity index (χ4v) is 2.08. The first-order valence-electron chi connectivity index (χ1n) is 6.59. The molecule has 19 heavy (non-hydrogen) atoms. The fourth-order valence-electron chi connectivity index (χ4n) is 2.08. The van der Waals surface area contributed by atoms with Crippen molar-refractivity contribution in [1.82, 2.24) is 10.6 Å². The molecular weight excluding hydrogens is 248 g/mol. The zero-order valence-corrected chi connectivity index (χ0v) is 12.0. The molecule has 6 heteroatoms. The molecule has 1 aliphatic rings. The summed E-state index contributed by atoms with van der Waals surface area (Å²) in [5.41, 5.74) is -0.537. The summed E-state index contributed by atoms with van der Waals surface area (Å²) in [7, 11) is 0. The molecule has 0 bridgehead atoms. The lowest BCUT2D eigenvalue weighted by Gasteiger charge is -2.32. The van der Waals surface area contributed by atoms with Crippen LogP contribution >= 0.6 is 0 Å². The van der Waals surface area contributed by atoms with Gasteiger partial charge in [-0.3, -0.25) is 0 Å². The van der Waals surface area contributed by atoms with Crippen LogP contribution in [0.2, 0.25) is 0 Å². The quantitative estimate of drug-likeness (QED) is 0.720. The summed E-state index contributed by atoms with van der Waals surface area (Å²) in [6, 6.07) is -1.31. The van der Waals surface area contributed by atoms with E-state index in [-0.39, 0.29) is 12.0 Å². The van der Waals surface area contributed by atoms with Crippen molar-refractivity contribution < 1.29 is 19.4 Å². The van der Waals surface area contributed by atoms with Gasteiger partial charge in [-0.15, -0.1) is 0 Å². The predicted octanol–water partition coefficient (Wildman–Crippen LogP) is 1.21. The van der Waals surface area contributed by atoms with Crippen molar-refractivity contribution in [3.8, 4) is 0 Å². The molecule has 0 spiro atoms. The van der Waals surface area contributed by atoms with Gasteiger partial charge in [0.05, 0.1) is 6.61 Å². The van der Waals surface area contributed by atoms with E-state index in [1.807, 2.05) is 6.92 Å². The van der Waals surface area contributed by atoms with E-state index < -0.39 is 23.5 Å². The Kier molecular flexibility index (Phi) is 5.17. The molecule has 1 heterocycles. The van der Waals surface area contributed by atoms with Crippen LogP contribution in [0.15, 0.2) is 0 Å². The highest BCUT2D eigenvalue weighted by atomic mass is 16.5. The third-order valence-electron chi connectivity index (χ3n) is 3.35. The van der Waals surface area contributed by atoms with Crippen LogP contribution in [0.25, 0.3) is 0 Å². The van der Waals surface area contributed by atoms with E-state index in [0.29, 0.717) is 13.2 Å². The molecule has 0 aromatic carbocycles. The van der Waals surface area contributed by atoms with E-state index in [1.165, 1.54) is 0 Å². The van der Waals surface area contributed by atoms with Crippen molar-refractivity contribution in [3.63, 3.8) is 0 Å². The van der Waals surface area contributed by atoms with Gasteiger partial charge in [0.25, 0.3) is 0 Å². The van der Waals surface area contributed by atoms with Crippen molar-refractivity contribution >= 4 is 12.0 Å². The van der Waals surface area contributed by atoms with Gasteiger partial charge in [-0.25, -0.2) is 9.59 Å². The Morgan fingerprint density at radius 3 is 2.47 bits per heavy atom. The summed E-state index contributed by atoms with van der Waals surface area (Å²) in [6.45, 7) is 8.58. The van der Waals surface area contributed by atoms with Crippen LogP contribution in [0.5, 0.6) is 0 Å². The number of carbonyl (C=O) groups is 2. The topological polar surface area (TPSA) is 87.7 Å². The predicted molar refractivity (Wildman–Crippen MR) is 70.9 cm³/mol. The summed E-state index contributed by atoms with van der Waals surface area (Å²) < 4.78 is 5.30. The molecule has 0 aliphatic carbocycles. The lowest BCUT2D eigenvalue weighted by atomic mass is 9.87. The van der Waals surface area contributed by atoms with Crippen molar-refractivity contribution in [1.29, 1.82) is 0 Å². The summed E-state index contributed by atoms with van der Waals surface area (Å²) in [5, 5.41) is 14.5. The SMILES string of the molecule is CC1COCCC1NC(=O)N[C@@H](C(=O)O)C(C)(C)C. The molecule has 1 saturated heterocycles. The second-order valence-electron chi connectivity index (χ2n) is 6.20. The third-order valence-corrected chi connectivity index (χ3v) is 3.35. The van der Waals surface area contributed by atoms with Crippen LogP contribution < -0.4 is 10.6 Å². The van der Waals surface area contributed by atoms with Gasteiger partial charge >= 0.3 is 12.0 Å². The summed E-state index contributed by atoms with van der Waals surface area (Å²) in [4.78, 5) is 23.1.